The van der Waals surface area contributed by atoms with Crippen molar-refractivity contribution < 1.29 is 4.79 Å². The van der Waals surface area contributed by atoms with Gasteiger partial charge in [0.15, 0.2) is 0 Å². The van der Waals surface area contributed by atoms with E-state index in [0.717, 1.165) is 5.56 Å². The first kappa shape index (κ1) is 11.6. The van der Waals surface area contributed by atoms with Gasteiger partial charge in [-0.3, -0.25) is 10.1 Å². The van der Waals surface area contributed by atoms with E-state index in [-0.39, 0.29) is 12.3 Å². The Hall–Kier alpha value is -1.88. The largest absolute Gasteiger partial charge is 0.303 e. The molecule has 0 saturated heterocycles. The van der Waals surface area contributed by atoms with Gasteiger partial charge in [-0.1, -0.05) is 23.7 Å². The first-order valence-electron chi connectivity index (χ1n) is 5.03. The zero-order chi connectivity index (χ0) is 12.3. The minimum atomic E-state index is -0.150. The highest BCUT2D eigenvalue weighted by Crippen LogP contribution is 2.11. The molecule has 1 amide bonds. The zero-order valence-electron chi connectivity index (χ0n) is 9.22. The smallest absolute Gasteiger partial charge is 0.231 e. The van der Waals surface area contributed by atoms with E-state index in [0.29, 0.717) is 11.0 Å². The van der Waals surface area contributed by atoms with Crippen LogP contribution in [0.2, 0.25) is 5.02 Å². The molecule has 1 aromatic heterocycles. The number of carbonyl (C=O) groups excluding carboxylic acids is 1. The highest BCUT2D eigenvalue weighted by molar-refractivity contribution is 6.30. The fourth-order valence-corrected chi connectivity index (χ4v) is 1.61. The quantitative estimate of drug-likeness (QED) is 0.901. The Balaban J connectivity index is 2.01. The van der Waals surface area contributed by atoms with Crippen molar-refractivity contribution in [2.75, 3.05) is 5.32 Å². The maximum absolute atomic E-state index is 11.7. The molecular weight excluding hydrogens is 240 g/mol. The molecule has 2 rings (SSSR count). The molecule has 6 heteroatoms. The Labute approximate surface area is 103 Å². The second kappa shape index (κ2) is 4.97. The molecule has 1 N–H and O–H groups in total. The molecule has 2 aromatic rings. The van der Waals surface area contributed by atoms with Crippen molar-refractivity contribution in [2.45, 2.75) is 6.42 Å². The Morgan fingerprint density at radius 3 is 3.00 bits per heavy atom. The molecule has 5 nitrogen and oxygen atoms in total. The Bertz CT molecular complexity index is 538. The van der Waals surface area contributed by atoms with Crippen LogP contribution in [0.3, 0.4) is 0 Å². The fraction of sp³-hybridized carbons (Fsp3) is 0.182. The number of benzene rings is 1. The number of halogens is 1. The van der Waals surface area contributed by atoms with Gasteiger partial charge in [-0.15, -0.1) is 10.2 Å². The number of carbonyl (C=O) groups is 1. The third-order valence-corrected chi connectivity index (χ3v) is 2.45. The van der Waals surface area contributed by atoms with Gasteiger partial charge in [0.05, 0.1) is 6.42 Å². The summed E-state index contributed by atoms with van der Waals surface area (Å²) in [5.74, 6) is 0.278. The molecule has 0 aliphatic heterocycles. The lowest BCUT2D eigenvalue weighted by Gasteiger charge is -2.04. The number of aryl methyl sites for hydroxylation is 1. The lowest BCUT2D eigenvalue weighted by atomic mass is 10.1. The van der Waals surface area contributed by atoms with Crippen LogP contribution in [0.4, 0.5) is 5.95 Å². The lowest BCUT2D eigenvalue weighted by molar-refractivity contribution is -0.115. The predicted molar refractivity (Wildman–Crippen MR) is 64.8 cm³/mol. The van der Waals surface area contributed by atoms with Gasteiger partial charge < -0.3 is 4.57 Å². The van der Waals surface area contributed by atoms with Crippen LogP contribution in [0, 0.1) is 0 Å². The summed E-state index contributed by atoms with van der Waals surface area (Å²) < 4.78 is 1.63. The van der Waals surface area contributed by atoms with Gasteiger partial charge in [-0.2, -0.15) is 0 Å². The van der Waals surface area contributed by atoms with E-state index in [1.165, 1.54) is 6.33 Å². The molecule has 0 atom stereocenters. The van der Waals surface area contributed by atoms with Gasteiger partial charge in [0, 0.05) is 12.1 Å². The Morgan fingerprint density at radius 2 is 2.35 bits per heavy atom. The van der Waals surface area contributed by atoms with Crippen molar-refractivity contribution in [2.24, 2.45) is 7.05 Å². The van der Waals surface area contributed by atoms with Crippen LogP contribution < -0.4 is 5.32 Å². The molecular formula is C11H11ClN4O. The molecule has 1 heterocycles. The van der Waals surface area contributed by atoms with E-state index >= 15 is 0 Å². The van der Waals surface area contributed by atoms with Crippen LogP contribution >= 0.6 is 11.6 Å². The number of anilines is 1. The van der Waals surface area contributed by atoms with Crippen molar-refractivity contribution in [3.05, 3.63) is 41.2 Å². The molecule has 17 heavy (non-hydrogen) atoms. The standard InChI is InChI=1S/C11H11ClN4O/c1-16-7-13-15-11(16)14-10(17)6-8-3-2-4-9(12)5-8/h2-5,7H,6H2,1H3,(H,14,15,17). The van der Waals surface area contributed by atoms with Crippen molar-refractivity contribution in [3.63, 3.8) is 0 Å². The van der Waals surface area contributed by atoms with Crippen molar-refractivity contribution in [1.29, 1.82) is 0 Å². The van der Waals surface area contributed by atoms with Gasteiger partial charge in [0.2, 0.25) is 11.9 Å². The highest BCUT2D eigenvalue weighted by atomic mass is 35.5. The van der Waals surface area contributed by atoms with Crippen LogP contribution in [0.1, 0.15) is 5.56 Å². The molecule has 0 radical (unpaired) electrons. The summed E-state index contributed by atoms with van der Waals surface area (Å²) in [4.78, 5) is 11.7. The SMILES string of the molecule is Cn1cnnc1NC(=O)Cc1cccc(Cl)c1. The van der Waals surface area contributed by atoms with E-state index in [9.17, 15) is 4.79 Å². The number of nitrogens with one attached hydrogen (secondary N) is 1. The molecule has 0 aliphatic carbocycles. The average molecular weight is 251 g/mol. The van der Waals surface area contributed by atoms with Gasteiger partial charge in [0.25, 0.3) is 0 Å². The number of aromatic nitrogens is 3. The maximum Gasteiger partial charge on any atom is 0.231 e. The summed E-state index contributed by atoms with van der Waals surface area (Å²) in [5, 5.41) is 10.7. The van der Waals surface area contributed by atoms with Gasteiger partial charge in [0.1, 0.15) is 6.33 Å². The minimum absolute atomic E-state index is 0.150. The number of hydrogen-bond acceptors (Lipinski definition) is 3. The zero-order valence-corrected chi connectivity index (χ0v) is 9.98. The normalized spacial score (nSPS) is 10.2. The van der Waals surface area contributed by atoms with Crippen molar-refractivity contribution >= 4 is 23.5 Å². The van der Waals surface area contributed by atoms with E-state index < -0.39 is 0 Å². The third-order valence-electron chi connectivity index (χ3n) is 2.22. The molecule has 0 fully saturated rings. The average Bonchev–Trinajstić information content (AvgIpc) is 2.64. The topological polar surface area (TPSA) is 59.8 Å². The second-order valence-corrected chi connectivity index (χ2v) is 4.06. The van der Waals surface area contributed by atoms with Gasteiger partial charge in [-0.05, 0) is 17.7 Å². The highest BCUT2D eigenvalue weighted by Gasteiger charge is 2.07. The molecule has 0 saturated carbocycles. The fourth-order valence-electron chi connectivity index (χ4n) is 1.40. The number of rotatable bonds is 3. The summed E-state index contributed by atoms with van der Waals surface area (Å²) >= 11 is 5.84. The minimum Gasteiger partial charge on any atom is -0.303 e. The van der Waals surface area contributed by atoms with Crippen LogP contribution in [-0.2, 0) is 18.3 Å². The van der Waals surface area contributed by atoms with Crippen LogP contribution in [-0.4, -0.2) is 20.7 Å². The summed E-state index contributed by atoms with van der Waals surface area (Å²) in [6, 6.07) is 7.19. The van der Waals surface area contributed by atoms with Crippen LogP contribution in [0.5, 0.6) is 0 Å². The summed E-state index contributed by atoms with van der Waals surface area (Å²) in [6.45, 7) is 0. The Kier molecular flexibility index (Phi) is 3.39. The molecule has 0 spiro atoms. The van der Waals surface area contributed by atoms with E-state index in [1.54, 1.807) is 23.7 Å². The van der Waals surface area contributed by atoms with Crippen LogP contribution in [0.15, 0.2) is 30.6 Å². The molecule has 0 bridgehead atoms. The summed E-state index contributed by atoms with van der Waals surface area (Å²) in [5.41, 5.74) is 0.858. The Morgan fingerprint density at radius 1 is 1.53 bits per heavy atom. The molecule has 0 unspecified atom stereocenters. The van der Waals surface area contributed by atoms with Crippen LogP contribution in [0.25, 0.3) is 0 Å². The van der Waals surface area contributed by atoms with E-state index in [2.05, 4.69) is 15.5 Å². The first-order chi connectivity index (χ1) is 8.15. The van der Waals surface area contributed by atoms with E-state index in [4.69, 9.17) is 11.6 Å². The number of nitrogens with zero attached hydrogens (tertiary/aromatic N) is 3. The first-order valence-corrected chi connectivity index (χ1v) is 5.41. The van der Waals surface area contributed by atoms with Crippen molar-refractivity contribution in [3.8, 4) is 0 Å². The molecule has 88 valence electrons. The molecule has 1 aromatic carbocycles. The number of amides is 1. The maximum atomic E-state index is 11.7. The van der Waals surface area contributed by atoms with E-state index in [1.807, 2.05) is 12.1 Å². The van der Waals surface area contributed by atoms with Gasteiger partial charge in [-0.25, -0.2) is 0 Å². The van der Waals surface area contributed by atoms with Gasteiger partial charge >= 0.3 is 0 Å². The monoisotopic (exact) mass is 250 g/mol. The lowest BCUT2D eigenvalue weighted by Crippen LogP contribution is -2.17. The molecule has 0 aliphatic rings. The summed E-state index contributed by atoms with van der Waals surface area (Å²) in [7, 11) is 1.76. The summed E-state index contributed by atoms with van der Waals surface area (Å²) in [6.07, 6.45) is 1.78. The predicted octanol–water partition coefficient (Wildman–Crippen LogP) is 1.65. The van der Waals surface area contributed by atoms with Crippen molar-refractivity contribution in [1.82, 2.24) is 14.8 Å². The third kappa shape index (κ3) is 3.04. The number of hydrogen-bond donors (Lipinski definition) is 1. The second-order valence-electron chi connectivity index (χ2n) is 3.62.